The van der Waals surface area contributed by atoms with Gasteiger partial charge in [0.25, 0.3) is 0 Å². The molecule has 1 unspecified atom stereocenters. The Labute approximate surface area is 179 Å². The molecule has 0 amide bonds. The van der Waals surface area contributed by atoms with E-state index in [4.69, 9.17) is 9.72 Å². The molecule has 3 aromatic heterocycles. The second kappa shape index (κ2) is 7.28. The fourth-order valence-corrected chi connectivity index (χ4v) is 4.58. The van der Waals surface area contributed by atoms with Crippen molar-refractivity contribution in [3.8, 4) is 23.0 Å². The topological polar surface area (TPSA) is 86.8 Å². The van der Waals surface area contributed by atoms with E-state index in [2.05, 4.69) is 32.0 Å². The molecule has 31 heavy (non-hydrogen) atoms. The van der Waals surface area contributed by atoms with Crippen molar-refractivity contribution in [3.05, 3.63) is 61.1 Å². The molecule has 156 valence electrons. The van der Waals surface area contributed by atoms with Crippen LogP contribution < -0.4 is 4.90 Å². The molecule has 9 heteroatoms. The molecule has 6 rings (SSSR count). The van der Waals surface area contributed by atoms with E-state index >= 15 is 0 Å². The number of fused-ring (bicyclic) bond motifs is 3. The van der Waals surface area contributed by atoms with E-state index in [-0.39, 0.29) is 12.1 Å². The zero-order chi connectivity index (χ0) is 20.8. The van der Waals surface area contributed by atoms with Crippen molar-refractivity contribution in [1.82, 2.24) is 34.3 Å². The van der Waals surface area contributed by atoms with E-state index in [9.17, 15) is 0 Å². The highest BCUT2D eigenvalue weighted by Gasteiger charge is 2.39. The first kappa shape index (κ1) is 18.2. The number of imidazole rings is 1. The van der Waals surface area contributed by atoms with Crippen LogP contribution in [0, 0.1) is 0 Å². The van der Waals surface area contributed by atoms with Crippen LogP contribution in [0.1, 0.15) is 31.6 Å². The molecule has 0 radical (unpaired) electrons. The zero-order valence-corrected chi connectivity index (χ0v) is 17.2. The Morgan fingerprint density at radius 3 is 2.84 bits per heavy atom. The number of ether oxygens (including phenoxy) is 1. The van der Waals surface area contributed by atoms with Crippen molar-refractivity contribution in [2.45, 2.75) is 31.8 Å². The highest BCUT2D eigenvalue weighted by Crippen LogP contribution is 2.40. The van der Waals surface area contributed by atoms with Crippen molar-refractivity contribution in [2.24, 2.45) is 0 Å². The van der Waals surface area contributed by atoms with Gasteiger partial charge in [-0.3, -0.25) is 9.13 Å². The molecule has 4 aromatic rings. The van der Waals surface area contributed by atoms with Crippen LogP contribution >= 0.6 is 0 Å². The molecular formula is C22H22N8O. The first-order chi connectivity index (χ1) is 15.3. The number of rotatable bonds is 4. The van der Waals surface area contributed by atoms with Crippen LogP contribution in [0.25, 0.3) is 23.0 Å². The molecule has 2 aliphatic heterocycles. The van der Waals surface area contributed by atoms with Gasteiger partial charge in [-0.05, 0) is 12.8 Å². The molecular weight excluding hydrogens is 392 g/mol. The fourth-order valence-electron chi connectivity index (χ4n) is 4.58. The number of hydrogen-bond donors (Lipinski definition) is 0. The van der Waals surface area contributed by atoms with Gasteiger partial charge >= 0.3 is 0 Å². The molecule has 2 aliphatic rings. The van der Waals surface area contributed by atoms with Crippen LogP contribution in [0.15, 0.2) is 55.2 Å². The van der Waals surface area contributed by atoms with Crippen molar-refractivity contribution in [3.63, 3.8) is 0 Å². The van der Waals surface area contributed by atoms with E-state index in [1.54, 1.807) is 12.5 Å². The summed E-state index contributed by atoms with van der Waals surface area (Å²) < 4.78 is 9.66. The Morgan fingerprint density at radius 1 is 1.13 bits per heavy atom. The Hall–Kier alpha value is -3.59. The van der Waals surface area contributed by atoms with Gasteiger partial charge in [-0.25, -0.2) is 9.97 Å². The van der Waals surface area contributed by atoms with Gasteiger partial charge in [-0.2, -0.15) is 4.98 Å². The van der Waals surface area contributed by atoms with Crippen LogP contribution in [-0.2, 0) is 4.74 Å². The Bertz CT molecular complexity index is 1210. The summed E-state index contributed by atoms with van der Waals surface area (Å²) in [5.74, 6) is 3.20. The van der Waals surface area contributed by atoms with E-state index in [1.165, 1.54) is 0 Å². The summed E-state index contributed by atoms with van der Waals surface area (Å²) in [6, 6.07) is 10.4. The molecule has 0 spiro atoms. The number of anilines is 1. The third kappa shape index (κ3) is 2.84. The summed E-state index contributed by atoms with van der Waals surface area (Å²) in [7, 11) is 0. The number of benzene rings is 1. The first-order valence-electron chi connectivity index (χ1n) is 10.6. The minimum atomic E-state index is 0.0841. The zero-order valence-electron chi connectivity index (χ0n) is 17.2. The van der Waals surface area contributed by atoms with E-state index in [0.717, 1.165) is 48.2 Å². The lowest BCUT2D eigenvalue weighted by Gasteiger charge is -2.40. The molecule has 2 atom stereocenters. The molecule has 0 aliphatic carbocycles. The maximum absolute atomic E-state index is 5.72. The predicted octanol–water partition coefficient (Wildman–Crippen LogP) is 2.97. The minimum absolute atomic E-state index is 0.0841. The van der Waals surface area contributed by atoms with Crippen molar-refractivity contribution < 1.29 is 4.74 Å². The SMILES string of the molecule is CC[C@@H]1c2nncn2-c2cnc(-n3ccnc3-c3ccccc3)nc2N1C1CCOC1. The quantitative estimate of drug-likeness (QED) is 0.507. The number of aromatic nitrogens is 7. The third-order valence-corrected chi connectivity index (χ3v) is 6.02. The molecule has 0 bridgehead atoms. The summed E-state index contributed by atoms with van der Waals surface area (Å²) in [5.41, 5.74) is 1.91. The second-order valence-electron chi connectivity index (χ2n) is 7.77. The maximum atomic E-state index is 5.72. The van der Waals surface area contributed by atoms with Gasteiger partial charge in [-0.1, -0.05) is 37.3 Å². The van der Waals surface area contributed by atoms with Crippen molar-refractivity contribution in [2.75, 3.05) is 18.1 Å². The van der Waals surface area contributed by atoms with E-state index < -0.39 is 0 Å². The highest BCUT2D eigenvalue weighted by atomic mass is 16.5. The van der Waals surface area contributed by atoms with Gasteiger partial charge in [0.15, 0.2) is 11.6 Å². The lowest BCUT2D eigenvalue weighted by molar-refractivity contribution is 0.191. The molecule has 1 saturated heterocycles. The number of nitrogens with zero attached hydrogens (tertiary/aromatic N) is 8. The smallest absolute Gasteiger partial charge is 0.237 e. The molecule has 9 nitrogen and oxygen atoms in total. The van der Waals surface area contributed by atoms with Crippen molar-refractivity contribution in [1.29, 1.82) is 0 Å². The molecule has 1 fully saturated rings. The Kier molecular flexibility index (Phi) is 4.27. The lowest BCUT2D eigenvalue weighted by Crippen LogP contribution is -2.43. The average molecular weight is 414 g/mol. The molecule has 1 aromatic carbocycles. The summed E-state index contributed by atoms with van der Waals surface area (Å²) in [6.45, 7) is 3.62. The monoisotopic (exact) mass is 414 g/mol. The normalized spacial score (nSPS) is 20.0. The average Bonchev–Trinajstić information content (AvgIpc) is 3.59. The van der Waals surface area contributed by atoms with E-state index in [1.807, 2.05) is 51.9 Å². The van der Waals surface area contributed by atoms with Gasteiger partial charge in [0.1, 0.15) is 17.8 Å². The molecule has 0 saturated carbocycles. The Morgan fingerprint density at radius 2 is 2.03 bits per heavy atom. The van der Waals surface area contributed by atoms with Crippen LogP contribution in [0.4, 0.5) is 5.82 Å². The largest absolute Gasteiger partial charge is 0.379 e. The van der Waals surface area contributed by atoms with E-state index in [0.29, 0.717) is 12.6 Å². The van der Waals surface area contributed by atoms with Gasteiger partial charge in [0.05, 0.1) is 24.9 Å². The van der Waals surface area contributed by atoms with Crippen LogP contribution in [-0.4, -0.2) is 53.5 Å². The highest BCUT2D eigenvalue weighted by molar-refractivity contribution is 5.64. The lowest BCUT2D eigenvalue weighted by atomic mass is 10.1. The van der Waals surface area contributed by atoms with Gasteiger partial charge in [-0.15, -0.1) is 10.2 Å². The standard InChI is InChI=1S/C22H22N8O/c1-2-17-21-27-25-14-29(21)18-12-24-22(26-20(18)30(17)16-8-11-31-13-16)28-10-9-23-19(28)15-6-4-3-5-7-15/h3-7,9-10,12,14,16-17H,2,8,11,13H2,1H3/t16?,17-/m1/s1. The maximum Gasteiger partial charge on any atom is 0.237 e. The third-order valence-electron chi connectivity index (χ3n) is 6.02. The van der Waals surface area contributed by atoms with Crippen LogP contribution in [0.2, 0.25) is 0 Å². The predicted molar refractivity (Wildman–Crippen MR) is 114 cm³/mol. The minimum Gasteiger partial charge on any atom is -0.379 e. The summed E-state index contributed by atoms with van der Waals surface area (Å²) >= 11 is 0. The van der Waals surface area contributed by atoms with Gasteiger partial charge in [0.2, 0.25) is 5.95 Å². The summed E-state index contributed by atoms with van der Waals surface area (Å²) in [6.07, 6.45) is 9.14. The number of hydrogen-bond acceptors (Lipinski definition) is 7. The molecule has 0 N–H and O–H groups in total. The van der Waals surface area contributed by atoms with Crippen LogP contribution in [0.3, 0.4) is 0 Å². The second-order valence-corrected chi connectivity index (χ2v) is 7.77. The Balaban J connectivity index is 1.51. The fraction of sp³-hybridized carbons (Fsp3) is 0.318. The van der Waals surface area contributed by atoms with Crippen molar-refractivity contribution >= 4 is 5.82 Å². The molecule has 5 heterocycles. The van der Waals surface area contributed by atoms with Gasteiger partial charge < -0.3 is 9.64 Å². The summed E-state index contributed by atoms with van der Waals surface area (Å²) in [4.78, 5) is 16.7. The summed E-state index contributed by atoms with van der Waals surface area (Å²) in [5, 5.41) is 8.59. The first-order valence-corrected chi connectivity index (χ1v) is 10.6. The van der Waals surface area contributed by atoms with Crippen LogP contribution in [0.5, 0.6) is 0 Å². The van der Waals surface area contributed by atoms with Gasteiger partial charge in [0, 0.05) is 24.6 Å².